The standard InChI is InChI=1S/C25H28F4N6O/c1-15-12-21(31-16(15)2)24(36)30-10-5-6-19-17(13-25(27,28)29)22-7-4-8-23(35(22)33-19)32-20-9-11-34(3)14-18(20)26/h4,7-8,12,18,20,31-32H,9-11,13-14H2,1-3H3,(H,30,36)/t18-,20+/m0/s1. The first-order valence-corrected chi connectivity index (χ1v) is 11.6. The summed E-state index contributed by atoms with van der Waals surface area (Å²) >= 11 is 0. The van der Waals surface area contributed by atoms with Crippen molar-refractivity contribution in [3.05, 3.63) is 52.5 Å². The van der Waals surface area contributed by atoms with Crippen LogP contribution in [0.5, 0.6) is 0 Å². The van der Waals surface area contributed by atoms with Gasteiger partial charge in [0.05, 0.1) is 24.5 Å². The highest BCUT2D eigenvalue weighted by Gasteiger charge is 2.32. The van der Waals surface area contributed by atoms with E-state index in [1.54, 1.807) is 18.2 Å². The molecule has 0 spiro atoms. The molecule has 0 bridgehead atoms. The van der Waals surface area contributed by atoms with Crippen LogP contribution in [0.15, 0.2) is 24.3 Å². The monoisotopic (exact) mass is 504 g/mol. The van der Waals surface area contributed by atoms with E-state index < -0.39 is 24.8 Å². The molecule has 2 atom stereocenters. The molecule has 0 saturated carbocycles. The number of anilines is 1. The number of aromatic nitrogens is 3. The van der Waals surface area contributed by atoms with Gasteiger partial charge < -0.3 is 20.5 Å². The van der Waals surface area contributed by atoms with Crippen LogP contribution in [0.2, 0.25) is 0 Å². The number of rotatable bonds is 5. The Hall–Kier alpha value is -3.52. The predicted octanol–water partition coefficient (Wildman–Crippen LogP) is 3.62. The Morgan fingerprint density at radius 1 is 1.31 bits per heavy atom. The molecule has 7 nitrogen and oxygen atoms in total. The van der Waals surface area contributed by atoms with E-state index in [2.05, 4.69) is 32.6 Å². The van der Waals surface area contributed by atoms with E-state index in [0.717, 1.165) is 11.3 Å². The van der Waals surface area contributed by atoms with Crippen molar-refractivity contribution >= 4 is 17.2 Å². The van der Waals surface area contributed by atoms with Crippen molar-refractivity contribution in [2.75, 3.05) is 32.0 Å². The number of alkyl halides is 4. The molecule has 192 valence electrons. The van der Waals surface area contributed by atoms with E-state index in [9.17, 15) is 22.4 Å². The van der Waals surface area contributed by atoms with Crippen molar-refractivity contribution in [3.8, 4) is 11.8 Å². The first-order valence-electron chi connectivity index (χ1n) is 11.6. The van der Waals surface area contributed by atoms with E-state index in [0.29, 0.717) is 24.5 Å². The second-order valence-corrected chi connectivity index (χ2v) is 9.12. The van der Waals surface area contributed by atoms with E-state index in [-0.39, 0.29) is 35.8 Å². The number of halogens is 4. The van der Waals surface area contributed by atoms with Crippen LogP contribution in [-0.2, 0) is 6.42 Å². The maximum atomic E-state index is 14.6. The van der Waals surface area contributed by atoms with Gasteiger partial charge in [0, 0.05) is 24.3 Å². The topological polar surface area (TPSA) is 77.5 Å². The summed E-state index contributed by atoms with van der Waals surface area (Å²) in [5, 5.41) is 10.1. The zero-order valence-electron chi connectivity index (χ0n) is 20.3. The van der Waals surface area contributed by atoms with Gasteiger partial charge in [-0.05, 0) is 57.0 Å². The lowest BCUT2D eigenvalue weighted by atomic mass is 10.0. The van der Waals surface area contributed by atoms with Crippen molar-refractivity contribution in [2.45, 2.75) is 45.1 Å². The second kappa shape index (κ2) is 10.2. The number of carbonyl (C=O) groups excluding carboxylic acids is 1. The number of hydrogen-bond donors (Lipinski definition) is 3. The van der Waals surface area contributed by atoms with Crippen molar-refractivity contribution in [3.63, 3.8) is 0 Å². The molecule has 0 unspecified atom stereocenters. The number of pyridine rings is 1. The van der Waals surface area contributed by atoms with Crippen LogP contribution in [0.1, 0.15) is 39.4 Å². The smallest absolute Gasteiger partial charge is 0.364 e. The summed E-state index contributed by atoms with van der Waals surface area (Å²) in [4.78, 5) is 17.1. The molecule has 0 radical (unpaired) electrons. The zero-order chi connectivity index (χ0) is 26.0. The maximum Gasteiger partial charge on any atom is 0.393 e. The zero-order valence-corrected chi connectivity index (χ0v) is 20.3. The highest BCUT2D eigenvalue weighted by atomic mass is 19.4. The number of aromatic amines is 1. The fourth-order valence-electron chi connectivity index (χ4n) is 4.24. The average molecular weight is 505 g/mol. The van der Waals surface area contributed by atoms with Crippen LogP contribution in [0, 0.1) is 25.7 Å². The largest absolute Gasteiger partial charge is 0.393 e. The van der Waals surface area contributed by atoms with Gasteiger partial charge in [0.1, 0.15) is 23.4 Å². The third-order valence-electron chi connectivity index (χ3n) is 6.28. The molecule has 4 rings (SSSR count). The van der Waals surface area contributed by atoms with Gasteiger partial charge in [0.25, 0.3) is 5.91 Å². The van der Waals surface area contributed by atoms with Crippen LogP contribution in [-0.4, -0.2) is 70.5 Å². The van der Waals surface area contributed by atoms with E-state index in [4.69, 9.17) is 0 Å². The number of nitrogens with one attached hydrogen (secondary N) is 3. The van der Waals surface area contributed by atoms with Crippen molar-refractivity contribution in [1.29, 1.82) is 0 Å². The Balaban J connectivity index is 1.58. The SMILES string of the molecule is Cc1cc(C(=O)NCC#Cc2nn3c(N[C@@H]4CCN(C)C[C@@H]4F)cccc3c2CC(F)(F)F)[nH]c1C. The van der Waals surface area contributed by atoms with Gasteiger partial charge in [-0.15, -0.1) is 0 Å². The summed E-state index contributed by atoms with van der Waals surface area (Å²) in [6.07, 6.45) is -6.26. The second-order valence-electron chi connectivity index (χ2n) is 9.12. The van der Waals surface area contributed by atoms with Gasteiger partial charge in [-0.1, -0.05) is 12.0 Å². The van der Waals surface area contributed by atoms with Crippen molar-refractivity contribution < 1.29 is 22.4 Å². The molecule has 1 fully saturated rings. The van der Waals surface area contributed by atoms with Crippen LogP contribution < -0.4 is 10.6 Å². The molecule has 3 N–H and O–H groups in total. The fraction of sp³-hybridized carbons (Fsp3) is 0.440. The van der Waals surface area contributed by atoms with Gasteiger partial charge in [-0.3, -0.25) is 4.79 Å². The van der Waals surface area contributed by atoms with E-state index >= 15 is 0 Å². The highest BCUT2D eigenvalue weighted by molar-refractivity contribution is 5.93. The lowest BCUT2D eigenvalue weighted by molar-refractivity contribution is -0.127. The van der Waals surface area contributed by atoms with Crippen LogP contribution in [0.4, 0.5) is 23.4 Å². The molecular formula is C25H28F4N6O. The van der Waals surface area contributed by atoms with E-state index in [1.807, 2.05) is 25.8 Å². The molecular weight excluding hydrogens is 476 g/mol. The molecule has 3 aromatic heterocycles. The summed E-state index contributed by atoms with van der Waals surface area (Å²) < 4.78 is 56.1. The first kappa shape index (κ1) is 25.6. The molecule has 1 aliphatic heterocycles. The minimum Gasteiger partial charge on any atom is -0.364 e. The number of amides is 1. The Labute approximate surface area is 206 Å². The Morgan fingerprint density at radius 3 is 2.75 bits per heavy atom. The van der Waals surface area contributed by atoms with Gasteiger partial charge >= 0.3 is 6.18 Å². The molecule has 4 heterocycles. The van der Waals surface area contributed by atoms with Crippen molar-refractivity contribution in [1.82, 2.24) is 24.8 Å². The van der Waals surface area contributed by atoms with Gasteiger partial charge in [-0.2, -0.15) is 18.3 Å². The third kappa shape index (κ3) is 5.82. The Kier molecular flexibility index (Phi) is 7.26. The van der Waals surface area contributed by atoms with Gasteiger partial charge in [0.15, 0.2) is 0 Å². The summed E-state index contributed by atoms with van der Waals surface area (Å²) in [5.41, 5.74) is 2.33. The number of likely N-dealkylation sites (tertiary alicyclic amines) is 1. The number of hydrogen-bond acceptors (Lipinski definition) is 4. The molecule has 0 aromatic carbocycles. The fourth-order valence-corrected chi connectivity index (χ4v) is 4.24. The first-order chi connectivity index (χ1) is 17.0. The third-order valence-corrected chi connectivity index (χ3v) is 6.28. The number of aryl methyl sites for hydroxylation is 2. The minimum atomic E-state index is -4.47. The summed E-state index contributed by atoms with van der Waals surface area (Å²) in [7, 11) is 1.84. The summed E-state index contributed by atoms with van der Waals surface area (Å²) in [5.74, 6) is 5.41. The molecule has 11 heteroatoms. The van der Waals surface area contributed by atoms with Crippen LogP contribution >= 0.6 is 0 Å². The van der Waals surface area contributed by atoms with Crippen molar-refractivity contribution in [2.24, 2.45) is 0 Å². The molecule has 1 amide bonds. The lowest BCUT2D eigenvalue weighted by Crippen LogP contribution is -2.46. The molecule has 3 aromatic rings. The highest BCUT2D eigenvalue weighted by Crippen LogP contribution is 2.28. The predicted molar refractivity (Wildman–Crippen MR) is 129 cm³/mol. The number of nitrogens with zero attached hydrogens (tertiary/aromatic N) is 3. The normalized spacial score (nSPS) is 18.6. The molecule has 1 aliphatic rings. The van der Waals surface area contributed by atoms with Gasteiger partial charge in [-0.25, -0.2) is 8.91 Å². The number of H-pyrrole nitrogens is 1. The number of piperidine rings is 1. The van der Waals surface area contributed by atoms with Crippen LogP contribution in [0.3, 0.4) is 0 Å². The number of carbonyl (C=O) groups is 1. The lowest BCUT2D eigenvalue weighted by Gasteiger charge is -2.33. The Morgan fingerprint density at radius 2 is 2.08 bits per heavy atom. The van der Waals surface area contributed by atoms with Crippen LogP contribution in [0.25, 0.3) is 5.52 Å². The summed E-state index contributed by atoms with van der Waals surface area (Å²) in [6.45, 7) is 4.63. The van der Waals surface area contributed by atoms with E-state index in [1.165, 1.54) is 10.6 Å². The quantitative estimate of drug-likeness (QED) is 0.367. The average Bonchev–Trinajstić information content (AvgIpc) is 3.32. The molecule has 1 saturated heterocycles. The summed E-state index contributed by atoms with van der Waals surface area (Å²) in [6, 6.07) is 6.03. The molecule has 0 aliphatic carbocycles. The minimum absolute atomic E-state index is 0.0393. The maximum absolute atomic E-state index is 14.6. The van der Waals surface area contributed by atoms with Gasteiger partial charge in [0.2, 0.25) is 0 Å². The number of fused-ring (bicyclic) bond motifs is 1. The molecule has 36 heavy (non-hydrogen) atoms. The Bertz CT molecular complexity index is 1300.